The summed E-state index contributed by atoms with van der Waals surface area (Å²) in [7, 11) is 1.98. The Bertz CT molecular complexity index is 647. The lowest BCUT2D eigenvalue weighted by Crippen LogP contribution is -2.59. The molecule has 28 heavy (non-hydrogen) atoms. The Morgan fingerprint density at radius 2 is 1.82 bits per heavy atom. The van der Waals surface area contributed by atoms with Gasteiger partial charge in [0.25, 0.3) is 0 Å². The third-order valence-corrected chi connectivity index (χ3v) is 5.36. The molecule has 7 nitrogen and oxygen atoms in total. The summed E-state index contributed by atoms with van der Waals surface area (Å²) >= 11 is 0. The maximum atomic E-state index is 5.88. The molecule has 0 bridgehead atoms. The molecule has 2 heterocycles. The molecule has 0 aromatic carbocycles. The molecular weight excluding hydrogens is 467 g/mol. The molecule has 8 heteroatoms. The molecule has 2 unspecified atom stereocenters. The fourth-order valence-electron chi connectivity index (χ4n) is 3.63. The van der Waals surface area contributed by atoms with Crippen molar-refractivity contribution in [2.45, 2.75) is 72.8 Å². The van der Waals surface area contributed by atoms with Gasteiger partial charge < -0.3 is 15.4 Å². The minimum atomic E-state index is 0. The third kappa shape index (κ3) is 6.59. The minimum absolute atomic E-state index is 0. The van der Waals surface area contributed by atoms with Crippen molar-refractivity contribution in [2.24, 2.45) is 12.0 Å². The molecule has 0 amide bonds. The molecule has 0 radical (unpaired) electrons. The van der Waals surface area contributed by atoms with Crippen LogP contribution in [0.25, 0.3) is 0 Å². The topological polar surface area (TPSA) is 66.7 Å². The molecule has 1 aliphatic rings. The second-order valence-electron chi connectivity index (χ2n) is 8.30. The molecule has 0 aliphatic carbocycles. The second kappa shape index (κ2) is 10.8. The number of rotatable bonds is 6. The zero-order chi connectivity index (χ0) is 20.2. The van der Waals surface area contributed by atoms with E-state index in [2.05, 4.69) is 62.2 Å². The summed E-state index contributed by atoms with van der Waals surface area (Å²) in [4.78, 5) is 7.31. The molecular formula is C20H39IN6O. The highest BCUT2D eigenvalue weighted by molar-refractivity contribution is 14.0. The van der Waals surface area contributed by atoms with Gasteiger partial charge in [-0.2, -0.15) is 5.10 Å². The van der Waals surface area contributed by atoms with E-state index in [1.165, 1.54) is 11.3 Å². The van der Waals surface area contributed by atoms with Crippen LogP contribution in [0.4, 0.5) is 0 Å². The molecule has 1 saturated heterocycles. The summed E-state index contributed by atoms with van der Waals surface area (Å²) in [5.74, 6) is 0.850. The highest BCUT2D eigenvalue weighted by Crippen LogP contribution is 2.20. The van der Waals surface area contributed by atoms with Crippen molar-refractivity contribution in [3.63, 3.8) is 0 Å². The molecule has 2 atom stereocenters. The number of nitrogens with zero attached hydrogens (tertiary/aromatic N) is 4. The van der Waals surface area contributed by atoms with Crippen LogP contribution >= 0.6 is 24.0 Å². The van der Waals surface area contributed by atoms with Crippen LogP contribution in [0.3, 0.4) is 0 Å². The molecule has 1 aromatic rings. The Morgan fingerprint density at radius 1 is 1.21 bits per heavy atom. The number of hydrogen-bond acceptors (Lipinski definition) is 4. The number of hydrogen-bond donors (Lipinski definition) is 2. The number of morpholine rings is 1. The molecule has 0 saturated carbocycles. The molecule has 2 rings (SSSR count). The van der Waals surface area contributed by atoms with Crippen molar-refractivity contribution in [3.05, 3.63) is 17.0 Å². The fourth-order valence-corrected chi connectivity index (χ4v) is 3.63. The second-order valence-corrected chi connectivity index (χ2v) is 8.30. The maximum absolute atomic E-state index is 5.88. The first-order chi connectivity index (χ1) is 12.6. The number of aromatic nitrogens is 2. The monoisotopic (exact) mass is 506 g/mol. The van der Waals surface area contributed by atoms with Crippen molar-refractivity contribution in [3.8, 4) is 0 Å². The molecule has 1 aliphatic heterocycles. The lowest BCUT2D eigenvalue weighted by atomic mass is 10.00. The summed E-state index contributed by atoms with van der Waals surface area (Å²) in [6.07, 6.45) is 0.540. The number of halogens is 1. The molecule has 0 spiro atoms. The Labute approximate surface area is 187 Å². The minimum Gasteiger partial charge on any atom is -0.373 e. The maximum Gasteiger partial charge on any atom is 0.191 e. The van der Waals surface area contributed by atoms with Crippen molar-refractivity contribution in [1.29, 1.82) is 0 Å². The van der Waals surface area contributed by atoms with E-state index in [0.29, 0.717) is 6.54 Å². The summed E-state index contributed by atoms with van der Waals surface area (Å²) in [6, 6.07) is 0. The van der Waals surface area contributed by atoms with Gasteiger partial charge in [-0.05, 0) is 48.5 Å². The average Bonchev–Trinajstić information content (AvgIpc) is 2.82. The third-order valence-electron chi connectivity index (χ3n) is 5.36. The molecule has 1 aromatic heterocycles. The van der Waals surface area contributed by atoms with Crippen LogP contribution < -0.4 is 10.6 Å². The zero-order valence-corrected chi connectivity index (χ0v) is 21.1. The van der Waals surface area contributed by atoms with Gasteiger partial charge in [-0.1, -0.05) is 0 Å². The van der Waals surface area contributed by atoms with E-state index in [4.69, 9.17) is 9.73 Å². The summed E-state index contributed by atoms with van der Waals surface area (Å²) < 4.78 is 7.80. The first-order valence-corrected chi connectivity index (χ1v) is 10.1. The SMILES string of the molecule is CCNC(=NCc1c(C)nn(C)c1C)NCC(C)(C)N1CC(C)OC(C)C1.I. The number of guanidine groups is 1. The van der Waals surface area contributed by atoms with E-state index < -0.39 is 0 Å². The number of nitrogens with one attached hydrogen (secondary N) is 2. The Kier molecular flexibility index (Phi) is 9.69. The van der Waals surface area contributed by atoms with Gasteiger partial charge in [0.2, 0.25) is 0 Å². The predicted molar refractivity (Wildman–Crippen MR) is 127 cm³/mol. The van der Waals surface area contributed by atoms with E-state index in [1.807, 2.05) is 18.7 Å². The van der Waals surface area contributed by atoms with Crippen LogP contribution in [0.2, 0.25) is 0 Å². The number of ether oxygens (including phenoxy) is 1. The van der Waals surface area contributed by atoms with Crippen molar-refractivity contribution in [2.75, 3.05) is 26.2 Å². The van der Waals surface area contributed by atoms with Crippen molar-refractivity contribution < 1.29 is 4.74 Å². The van der Waals surface area contributed by atoms with Gasteiger partial charge in [-0.3, -0.25) is 9.58 Å². The van der Waals surface area contributed by atoms with E-state index in [0.717, 1.165) is 37.8 Å². The van der Waals surface area contributed by atoms with Gasteiger partial charge in [0.05, 0.1) is 24.4 Å². The van der Waals surface area contributed by atoms with Gasteiger partial charge in [-0.15, -0.1) is 24.0 Å². The summed E-state index contributed by atoms with van der Waals surface area (Å²) in [5.41, 5.74) is 3.43. The van der Waals surface area contributed by atoms with E-state index >= 15 is 0 Å². The number of aliphatic imine (C=N–C) groups is 1. The van der Waals surface area contributed by atoms with Gasteiger partial charge in [0.15, 0.2) is 5.96 Å². The van der Waals surface area contributed by atoms with Crippen molar-refractivity contribution >= 4 is 29.9 Å². The average molecular weight is 506 g/mol. The van der Waals surface area contributed by atoms with Crippen LogP contribution in [0, 0.1) is 13.8 Å². The lowest BCUT2D eigenvalue weighted by Gasteiger charge is -2.45. The van der Waals surface area contributed by atoms with E-state index in [9.17, 15) is 0 Å². The normalized spacial score (nSPS) is 21.4. The van der Waals surface area contributed by atoms with Crippen LogP contribution in [-0.2, 0) is 18.3 Å². The van der Waals surface area contributed by atoms with E-state index in [1.54, 1.807) is 0 Å². The fraction of sp³-hybridized carbons (Fsp3) is 0.800. The van der Waals surface area contributed by atoms with Gasteiger partial charge in [-0.25, -0.2) is 4.99 Å². The molecule has 1 fully saturated rings. The standard InChI is InChI=1S/C20H38N6O.HI/c1-9-21-19(22-10-18-16(4)24-25(8)17(18)5)23-13-20(6,7)26-11-14(2)27-15(3)12-26;/h14-15H,9-13H2,1-8H3,(H2,21,22,23);1H. The smallest absolute Gasteiger partial charge is 0.191 e. The van der Waals surface area contributed by atoms with Crippen LogP contribution in [-0.4, -0.2) is 64.6 Å². The van der Waals surface area contributed by atoms with Crippen LogP contribution in [0.1, 0.15) is 51.6 Å². The largest absolute Gasteiger partial charge is 0.373 e. The predicted octanol–water partition coefficient (Wildman–Crippen LogP) is 2.60. The summed E-state index contributed by atoms with van der Waals surface area (Å²) in [6.45, 7) is 19.3. The highest BCUT2D eigenvalue weighted by Gasteiger charge is 2.33. The molecule has 2 N–H and O–H groups in total. The quantitative estimate of drug-likeness (QED) is 0.353. The van der Waals surface area contributed by atoms with Gasteiger partial charge in [0.1, 0.15) is 0 Å². The first-order valence-electron chi connectivity index (χ1n) is 10.1. The Hall–Kier alpha value is -0.870. The van der Waals surface area contributed by atoms with Crippen LogP contribution in [0.15, 0.2) is 4.99 Å². The summed E-state index contributed by atoms with van der Waals surface area (Å²) in [5, 5.41) is 11.4. The van der Waals surface area contributed by atoms with Gasteiger partial charge in [0, 0.05) is 50.0 Å². The van der Waals surface area contributed by atoms with Gasteiger partial charge >= 0.3 is 0 Å². The van der Waals surface area contributed by atoms with Crippen LogP contribution in [0.5, 0.6) is 0 Å². The zero-order valence-electron chi connectivity index (χ0n) is 18.8. The van der Waals surface area contributed by atoms with E-state index in [-0.39, 0.29) is 41.7 Å². The first kappa shape index (κ1) is 25.2. The Morgan fingerprint density at radius 3 is 2.32 bits per heavy atom. The lowest BCUT2D eigenvalue weighted by molar-refractivity contribution is -0.0946. The highest BCUT2D eigenvalue weighted by atomic mass is 127. The Balaban J connectivity index is 0.00000392. The number of aryl methyl sites for hydroxylation is 2. The molecule has 162 valence electrons. The van der Waals surface area contributed by atoms with Crippen molar-refractivity contribution in [1.82, 2.24) is 25.3 Å².